The highest BCUT2D eigenvalue weighted by atomic mass is 35.5. The van der Waals surface area contributed by atoms with E-state index in [0.29, 0.717) is 0 Å². The van der Waals surface area contributed by atoms with Crippen molar-refractivity contribution in [2.75, 3.05) is 26.2 Å². The number of benzene rings is 1. The van der Waals surface area contributed by atoms with Crippen molar-refractivity contribution in [2.24, 2.45) is 5.73 Å². The molecule has 3 nitrogen and oxygen atoms in total. The van der Waals surface area contributed by atoms with Crippen molar-refractivity contribution in [1.82, 2.24) is 9.80 Å². The van der Waals surface area contributed by atoms with E-state index in [2.05, 4.69) is 28.9 Å². The van der Waals surface area contributed by atoms with Crippen LogP contribution in [0.2, 0.25) is 5.02 Å². The highest BCUT2D eigenvalue weighted by molar-refractivity contribution is 6.30. The summed E-state index contributed by atoms with van der Waals surface area (Å²) in [6.07, 6.45) is 2.79. The Kier molecular flexibility index (Phi) is 4.32. The molecule has 1 aromatic rings. The molecule has 1 aliphatic heterocycles. The van der Waals surface area contributed by atoms with Crippen LogP contribution in [-0.4, -0.2) is 48.1 Å². The summed E-state index contributed by atoms with van der Waals surface area (Å²) in [4.78, 5) is 5.15. The Morgan fingerprint density at radius 2 is 1.90 bits per heavy atom. The fraction of sp³-hybridized carbons (Fsp3) is 0.625. The molecule has 3 rings (SSSR count). The standard InChI is InChI=1S/C16H24ClN3/c1-12(18)16(13-3-2-4-14(17)11-13)20-9-7-19(8-10-20)15-5-6-15/h2-4,11-12,15-16H,5-10,18H2,1H3. The summed E-state index contributed by atoms with van der Waals surface area (Å²) in [6.45, 7) is 6.66. The van der Waals surface area contributed by atoms with Crippen molar-refractivity contribution in [3.63, 3.8) is 0 Å². The summed E-state index contributed by atoms with van der Waals surface area (Å²) in [5, 5.41) is 0.796. The maximum absolute atomic E-state index is 6.26. The second kappa shape index (κ2) is 6.02. The second-order valence-corrected chi connectivity index (χ2v) is 6.60. The van der Waals surface area contributed by atoms with E-state index in [1.165, 1.54) is 31.5 Å². The van der Waals surface area contributed by atoms with Gasteiger partial charge in [-0.25, -0.2) is 0 Å². The molecule has 1 aliphatic carbocycles. The van der Waals surface area contributed by atoms with Gasteiger partial charge in [0.15, 0.2) is 0 Å². The van der Waals surface area contributed by atoms with E-state index < -0.39 is 0 Å². The molecule has 0 bridgehead atoms. The minimum Gasteiger partial charge on any atom is -0.326 e. The predicted octanol–water partition coefficient (Wildman–Crippen LogP) is 2.51. The Morgan fingerprint density at radius 1 is 1.20 bits per heavy atom. The zero-order chi connectivity index (χ0) is 14.1. The van der Waals surface area contributed by atoms with Gasteiger partial charge < -0.3 is 5.73 Å². The van der Waals surface area contributed by atoms with Crippen LogP contribution in [-0.2, 0) is 0 Å². The Morgan fingerprint density at radius 3 is 2.45 bits per heavy atom. The molecule has 0 spiro atoms. The molecular weight excluding hydrogens is 270 g/mol. The largest absolute Gasteiger partial charge is 0.326 e. The molecule has 2 aliphatic rings. The molecule has 2 fully saturated rings. The Hall–Kier alpha value is -0.610. The molecule has 1 saturated carbocycles. The lowest BCUT2D eigenvalue weighted by Crippen LogP contribution is -2.51. The molecule has 1 heterocycles. The zero-order valence-corrected chi connectivity index (χ0v) is 12.9. The van der Waals surface area contributed by atoms with Crippen LogP contribution in [0, 0.1) is 0 Å². The van der Waals surface area contributed by atoms with Crippen LogP contribution in [0.25, 0.3) is 0 Å². The molecule has 1 saturated heterocycles. The van der Waals surface area contributed by atoms with E-state index in [4.69, 9.17) is 17.3 Å². The Balaban J connectivity index is 1.71. The fourth-order valence-corrected chi connectivity index (χ4v) is 3.56. The fourth-order valence-electron chi connectivity index (χ4n) is 3.36. The maximum atomic E-state index is 6.26. The van der Waals surface area contributed by atoms with Crippen molar-refractivity contribution < 1.29 is 0 Å². The predicted molar refractivity (Wildman–Crippen MR) is 84.0 cm³/mol. The lowest BCUT2D eigenvalue weighted by atomic mass is 9.98. The molecule has 1 aromatic carbocycles. The lowest BCUT2D eigenvalue weighted by molar-refractivity contribution is 0.0826. The van der Waals surface area contributed by atoms with E-state index in [1.807, 2.05) is 12.1 Å². The number of rotatable bonds is 4. The summed E-state index contributed by atoms with van der Waals surface area (Å²) in [7, 11) is 0. The number of hydrogen-bond acceptors (Lipinski definition) is 3. The molecule has 110 valence electrons. The van der Waals surface area contributed by atoms with Crippen LogP contribution < -0.4 is 5.73 Å². The Labute approximate surface area is 126 Å². The highest BCUT2D eigenvalue weighted by Crippen LogP contribution is 2.31. The van der Waals surface area contributed by atoms with Gasteiger partial charge in [0.2, 0.25) is 0 Å². The molecule has 4 heteroatoms. The van der Waals surface area contributed by atoms with Crippen LogP contribution in [0.15, 0.2) is 24.3 Å². The third-order valence-corrected chi connectivity index (χ3v) is 4.73. The van der Waals surface area contributed by atoms with Gasteiger partial charge in [0.25, 0.3) is 0 Å². The van der Waals surface area contributed by atoms with Crippen molar-refractivity contribution in [2.45, 2.75) is 37.9 Å². The topological polar surface area (TPSA) is 32.5 Å². The average molecular weight is 294 g/mol. The first-order valence-electron chi connectivity index (χ1n) is 7.64. The summed E-state index contributed by atoms with van der Waals surface area (Å²) in [5.41, 5.74) is 7.50. The van der Waals surface area contributed by atoms with Gasteiger partial charge in [0.05, 0.1) is 0 Å². The van der Waals surface area contributed by atoms with Crippen molar-refractivity contribution in [3.8, 4) is 0 Å². The first-order valence-corrected chi connectivity index (χ1v) is 8.02. The summed E-state index contributed by atoms with van der Waals surface area (Å²) in [5.74, 6) is 0. The van der Waals surface area contributed by atoms with Gasteiger partial charge in [-0.05, 0) is 37.5 Å². The second-order valence-electron chi connectivity index (χ2n) is 6.16. The van der Waals surface area contributed by atoms with E-state index in [9.17, 15) is 0 Å². The molecule has 2 N–H and O–H groups in total. The van der Waals surface area contributed by atoms with E-state index in [-0.39, 0.29) is 12.1 Å². The van der Waals surface area contributed by atoms with Gasteiger partial charge in [-0.2, -0.15) is 0 Å². The summed E-state index contributed by atoms with van der Waals surface area (Å²) < 4.78 is 0. The minimum atomic E-state index is 0.112. The number of halogens is 1. The average Bonchev–Trinajstić information content (AvgIpc) is 3.24. The number of hydrogen-bond donors (Lipinski definition) is 1. The van der Waals surface area contributed by atoms with Gasteiger partial charge in [0, 0.05) is 49.3 Å². The molecule has 0 aromatic heterocycles. The normalized spacial score (nSPS) is 24.6. The van der Waals surface area contributed by atoms with Crippen molar-refractivity contribution in [1.29, 1.82) is 0 Å². The van der Waals surface area contributed by atoms with Crippen molar-refractivity contribution >= 4 is 11.6 Å². The van der Waals surface area contributed by atoms with Gasteiger partial charge in [-0.15, -0.1) is 0 Å². The molecular formula is C16H24ClN3. The number of nitrogens with two attached hydrogens (primary N) is 1. The smallest absolute Gasteiger partial charge is 0.0498 e. The summed E-state index contributed by atoms with van der Waals surface area (Å²) >= 11 is 6.14. The molecule has 0 radical (unpaired) electrons. The Bertz CT molecular complexity index is 451. The van der Waals surface area contributed by atoms with Crippen LogP contribution in [0.5, 0.6) is 0 Å². The van der Waals surface area contributed by atoms with Gasteiger partial charge in [0.1, 0.15) is 0 Å². The van der Waals surface area contributed by atoms with Crippen LogP contribution in [0.1, 0.15) is 31.4 Å². The van der Waals surface area contributed by atoms with Gasteiger partial charge in [-0.1, -0.05) is 23.7 Å². The van der Waals surface area contributed by atoms with E-state index in [1.54, 1.807) is 0 Å². The number of nitrogens with zero attached hydrogens (tertiary/aromatic N) is 2. The van der Waals surface area contributed by atoms with Gasteiger partial charge in [-0.3, -0.25) is 9.80 Å². The van der Waals surface area contributed by atoms with Crippen LogP contribution in [0.3, 0.4) is 0 Å². The van der Waals surface area contributed by atoms with Crippen molar-refractivity contribution in [3.05, 3.63) is 34.9 Å². The third-order valence-electron chi connectivity index (χ3n) is 4.49. The molecule has 0 amide bonds. The molecule has 2 unspecified atom stereocenters. The van der Waals surface area contributed by atoms with Crippen LogP contribution >= 0.6 is 11.6 Å². The third kappa shape index (κ3) is 3.17. The lowest BCUT2D eigenvalue weighted by Gasteiger charge is -2.41. The van der Waals surface area contributed by atoms with E-state index >= 15 is 0 Å². The van der Waals surface area contributed by atoms with E-state index in [0.717, 1.165) is 24.2 Å². The SMILES string of the molecule is CC(N)C(c1cccc(Cl)c1)N1CCN(C2CC2)CC1. The summed E-state index contributed by atoms with van der Waals surface area (Å²) in [6, 6.07) is 9.41. The van der Waals surface area contributed by atoms with Gasteiger partial charge >= 0.3 is 0 Å². The molecule has 20 heavy (non-hydrogen) atoms. The monoisotopic (exact) mass is 293 g/mol. The number of piperazine rings is 1. The van der Waals surface area contributed by atoms with Crippen LogP contribution in [0.4, 0.5) is 0 Å². The highest BCUT2D eigenvalue weighted by Gasteiger charge is 2.34. The quantitative estimate of drug-likeness (QED) is 0.926. The maximum Gasteiger partial charge on any atom is 0.0498 e. The first-order chi connectivity index (χ1) is 9.65. The minimum absolute atomic E-state index is 0.112. The first kappa shape index (κ1) is 14.3. The zero-order valence-electron chi connectivity index (χ0n) is 12.1. The molecule has 2 atom stereocenters.